The van der Waals surface area contributed by atoms with E-state index >= 15 is 0 Å². The summed E-state index contributed by atoms with van der Waals surface area (Å²) in [6.07, 6.45) is -7.38. The highest BCUT2D eigenvalue weighted by Gasteiger charge is 2.55. The molecule has 60 heavy (non-hydrogen) atoms. The van der Waals surface area contributed by atoms with Crippen LogP contribution in [0.15, 0.2) is 152 Å². The van der Waals surface area contributed by atoms with E-state index in [2.05, 4.69) is 5.32 Å². The molecule has 0 bridgehead atoms. The lowest BCUT2D eigenvalue weighted by atomic mass is 9.94. The van der Waals surface area contributed by atoms with Crippen molar-refractivity contribution in [2.45, 2.75) is 108 Å². The number of carbonyl (C=O) groups excluding carboxylic acids is 1. The Balaban J connectivity index is 1.14. The monoisotopic (exact) mass is 815 g/mol. The average molecular weight is 816 g/mol. The number of hydrogen-bond donors (Lipinski definition) is 1. The van der Waals surface area contributed by atoms with E-state index in [1.54, 1.807) is 0 Å². The molecule has 0 saturated carbocycles. The lowest BCUT2D eigenvalue weighted by molar-refractivity contribution is -0.383. The standard InChI is InChI=1S/C49H53NO10/c1-33-42(52-28-35-18-8-3-9-19-35)45(53-29-36-20-10-4-11-21-36)46(54-30-37-22-12-5-13-23-37)49(57-33)60-44-41(50-34(2)51)48(55-31-38-24-14-6-15-25-38)58-40-32-56-47(59-43(40)44)39-26-16-7-17-27-39/h3-27,33,40-49H,28-32H2,1-2H3,(H,50,51)/t33-,40+,41+,42+,43+,44+,45+,46-,47?,48+,49-/m0/s1. The molecule has 5 aromatic rings. The van der Waals surface area contributed by atoms with Crippen molar-refractivity contribution in [1.29, 1.82) is 0 Å². The molecule has 0 spiro atoms. The van der Waals surface area contributed by atoms with Gasteiger partial charge < -0.3 is 47.9 Å². The van der Waals surface area contributed by atoms with Crippen LogP contribution in [0.5, 0.6) is 0 Å². The average Bonchev–Trinajstić information content (AvgIpc) is 3.29. The normalized spacial score (nSPS) is 29.0. The molecule has 1 unspecified atom stereocenters. The minimum absolute atomic E-state index is 0.191. The number of benzene rings is 5. The fraction of sp³-hybridized carbons (Fsp3) is 0.367. The van der Waals surface area contributed by atoms with Crippen LogP contribution >= 0.6 is 0 Å². The van der Waals surface area contributed by atoms with Crippen molar-refractivity contribution in [1.82, 2.24) is 5.32 Å². The summed E-state index contributed by atoms with van der Waals surface area (Å²) in [5.41, 5.74) is 4.77. The van der Waals surface area contributed by atoms with Gasteiger partial charge in [0.15, 0.2) is 18.9 Å². The van der Waals surface area contributed by atoms with Crippen LogP contribution in [-0.4, -0.2) is 73.9 Å². The van der Waals surface area contributed by atoms with E-state index in [1.807, 2.05) is 159 Å². The Labute approximate surface area is 351 Å². The largest absolute Gasteiger partial charge is 0.368 e. The molecule has 3 aliphatic heterocycles. The lowest BCUT2D eigenvalue weighted by Gasteiger charge is -2.52. The Morgan fingerprint density at radius 2 is 1.02 bits per heavy atom. The van der Waals surface area contributed by atoms with E-state index in [1.165, 1.54) is 6.92 Å². The summed E-state index contributed by atoms with van der Waals surface area (Å²) in [7, 11) is 0. The second kappa shape index (κ2) is 20.7. The second-order valence-electron chi connectivity index (χ2n) is 15.3. The minimum Gasteiger partial charge on any atom is -0.368 e. The minimum atomic E-state index is -1.02. The summed E-state index contributed by atoms with van der Waals surface area (Å²) in [6, 6.07) is 48.6. The van der Waals surface area contributed by atoms with Gasteiger partial charge in [-0.3, -0.25) is 4.79 Å². The summed E-state index contributed by atoms with van der Waals surface area (Å²) in [4.78, 5) is 13.1. The highest BCUT2D eigenvalue weighted by Crippen LogP contribution is 2.39. The van der Waals surface area contributed by atoms with Gasteiger partial charge in [0, 0.05) is 12.5 Å². The van der Waals surface area contributed by atoms with E-state index in [4.69, 9.17) is 42.6 Å². The third-order valence-electron chi connectivity index (χ3n) is 10.9. The number of amides is 1. The van der Waals surface area contributed by atoms with E-state index in [9.17, 15) is 4.79 Å². The number of rotatable bonds is 16. The quantitative estimate of drug-likeness (QED) is 0.108. The summed E-state index contributed by atoms with van der Waals surface area (Å²) in [5, 5.41) is 3.10. The van der Waals surface area contributed by atoms with Gasteiger partial charge in [-0.15, -0.1) is 0 Å². The Morgan fingerprint density at radius 1 is 0.550 bits per heavy atom. The topological polar surface area (TPSA) is 112 Å². The zero-order valence-electron chi connectivity index (χ0n) is 33.9. The Bertz CT molecular complexity index is 2030. The highest BCUT2D eigenvalue weighted by atomic mass is 16.8. The van der Waals surface area contributed by atoms with Crippen molar-refractivity contribution < 1.29 is 47.4 Å². The smallest absolute Gasteiger partial charge is 0.217 e. The molecule has 8 rings (SSSR count). The summed E-state index contributed by atoms with van der Waals surface area (Å²) in [5.74, 6) is -0.288. The SMILES string of the molecule is CC(=O)N[C@H]1[C@H](OCc2ccccc2)O[C@@H]2COC(c3ccccc3)O[C@H]2[C@@H]1O[C@@H]1O[C@@H](C)[C@@H](OCc2ccccc2)[C@@H](OCc2ccccc2)[C@@H]1OCc1ccccc1. The van der Waals surface area contributed by atoms with Crippen molar-refractivity contribution >= 4 is 5.91 Å². The van der Waals surface area contributed by atoms with Gasteiger partial charge in [-0.25, -0.2) is 0 Å². The van der Waals surface area contributed by atoms with Gasteiger partial charge in [-0.05, 0) is 29.2 Å². The van der Waals surface area contributed by atoms with Gasteiger partial charge in [0.25, 0.3) is 0 Å². The molecule has 314 valence electrons. The van der Waals surface area contributed by atoms with Gasteiger partial charge in [0.05, 0.1) is 39.1 Å². The molecule has 3 fully saturated rings. The second-order valence-corrected chi connectivity index (χ2v) is 15.3. The fourth-order valence-corrected chi connectivity index (χ4v) is 7.93. The van der Waals surface area contributed by atoms with Crippen LogP contribution in [0.4, 0.5) is 0 Å². The first-order chi connectivity index (χ1) is 29.5. The zero-order valence-corrected chi connectivity index (χ0v) is 33.9. The first-order valence-electron chi connectivity index (χ1n) is 20.7. The molecule has 11 atom stereocenters. The van der Waals surface area contributed by atoms with Crippen molar-refractivity contribution in [3.05, 3.63) is 179 Å². The van der Waals surface area contributed by atoms with Crippen LogP contribution in [0.1, 0.15) is 48.0 Å². The number of ether oxygens (including phenoxy) is 9. The van der Waals surface area contributed by atoms with Crippen LogP contribution in [0.25, 0.3) is 0 Å². The van der Waals surface area contributed by atoms with Crippen molar-refractivity contribution in [3.8, 4) is 0 Å². The number of nitrogens with one attached hydrogen (secondary N) is 1. The van der Waals surface area contributed by atoms with Gasteiger partial charge in [0.2, 0.25) is 5.91 Å². The maximum absolute atomic E-state index is 13.1. The number of hydrogen-bond acceptors (Lipinski definition) is 10. The zero-order chi connectivity index (χ0) is 41.1. The van der Waals surface area contributed by atoms with E-state index in [-0.39, 0.29) is 25.7 Å². The molecule has 11 nitrogen and oxygen atoms in total. The molecule has 3 saturated heterocycles. The molecule has 1 amide bonds. The summed E-state index contributed by atoms with van der Waals surface area (Å²) < 4.78 is 60.6. The van der Waals surface area contributed by atoms with Crippen LogP contribution in [0, 0.1) is 0 Å². The first kappa shape index (κ1) is 41.9. The third-order valence-corrected chi connectivity index (χ3v) is 10.9. The lowest BCUT2D eigenvalue weighted by Crippen LogP contribution is -2.69. The van der Waals surface area contributed by atoms with Gasteiger partial charge in [-0.2, -0.15) is 0 Å². The molecule has 3 heterocycles. The Hall–Kier alpha value is -4.79. The van der Waals surface area contributed by atoms with Gasteiger partial charge >= 0.3 is 0 Å². The third kappa shape index (κ3) is 10.7. The molecule has 0 radical (unpaired) electrons. The van der Waals surface area contributed by atoms with E-state index in [0.717, 1.165) is 27.8 Å². The molecule has 1 N–H and O–H groups in total. The molecular formula is C49H53NO10. The maximum Gasteiger partial charge on any atom is 0.217 e. The van der Waals surface area contributed by atoms with Crippen LogP contribution < -0.4 is 5.32 Å². The predicted molar refractivity (Wildman–Crippen MR) is 222 cm³/mol. The maximum atomic E-state index is 13.1. The molecule has 3 aliphatic rings. The van der Waals surface area contributed by atoms with Crippen LogP contribution in [0.2, 0.25) is 0 Å². The first-order valence-corrected chi connectivity index (χ1v) is 20.7. The number of fused-ring (bicyclic) bond motifs is 1. The molecule has 5 aromatic carbocycles. The highest BCUT2D eigenvalue weighted by molar-refractivity contribution is 5.73. The molecular weight excluding hydrogens is 763 g/mol. The molecule has 0 aliphatic carbocycles. The van der Waals surface area contributed by atoms with Crippen molar-refractivity contribution in [2.24, 2.45) is 0 Å². The Morgan fingerprint density at radius 3 is 1.53 bits per heavy atom. The molecule has 0 aromatic heterocycles. The fourth-order valence-electron chi connectivity index (χ4n) is 7.93. The van der Waals surface area contributed by atoms with Crippen molar-refractivity contribution in [2.75, 3.05) is 6.61 Å². The van der Waals surface area contributed by atoms with Gasteiger partial charge in [0.1, 0.15) is 42.7 Å². The van der Waals surface area contributed by atoms with Crippen LogP contribution in [-0.2, 0) is 73.9 Å². The summed E-state index contributed by atoms with van der Waals surface area (Å²) in [6.45, 7) is 4.72. The predicted octanol–water partition coefficient (Wildman–Crippen LogP) is 7.43. The van der Waals surface area contributed by atoms with E-state index in [0.29, 0.717) is 13.2 Å². The van der Waals surface area contributed by atoms with Crippen LogP contribution in [0.3, 0.4) is 0 Å². The van der Waals surface area contributed by atoms with E-state index < -0.39 is 67.6 Å². The van der Waals surface area contributed by atoms with Gasteiger partial charge in [-0.1, -0.05) is 152 Å². The molecule has 11 heteroatoms. The Kier molecular flexibility index (Phi) is 14.4. The summed E-state index contributed by atoms with van der Waals surface area (Å²) >= 11 is 0. The van der Waals surface area contributed by atoms with Crippen molar-refractivity contribution in [3.63, 3.8) is 0 Å². The number of carbonyl (C=O) groups is 1.